The van der Waals surface area contributed by atoms with Gasteiger partial charge in [-0.15, -0.1) is 0 Å². The molecule has 1 N–H and O–H groups in total. The van der Waals surface area contributed by atoms with Crippen LogP contribution in [0, 0.1) is 0 Å². The quantitative estimate of drug-likeness (QED) is 0.467. The molecular formula is C31H38N4O5. The number of aromatic amines is 1. The van der Waals surface area contributed by atoms with Crippen LogP contribution in [-0.4, -0.2) is 97.7 Å². The Morgan fingerprint density at radius 2 is 1.88 bits per heavy atom. The number of ether oxygens (including phenoxy) is 3. The number of aromatic nitrogens is 1. The third kappa shape index (κ3) is 4.32. The largest absolute Gasteiger partial charge is 0.493 e. The number of piperazine rings is 1. The number of amides is 2. The van der Waals surface area contributed by atoms with E-state index in [-0.39, 0.29) is 24.3 Å². The van der Waals surface area contributed by atoms with Crippen LogP contribution in [-0.2, 0) is 19.9 Å². The van der Waals surface area contributed by atoms with E-state index in [0.717, 1.165) is 67.0 Å². The van der Waals surface area contributed by atoms with Crippen LogP contribution in [0.5, 0.6) is 11.5 Å². The first-order valence-corrected chi connectivity index (χ1v) is 14.3. The normalized spacial score (nSPS) is 23.3. The number of para-hydroxylation sites is 2. The van der Waals surface area contributed by atoms with Crippen molar-refractivity contribution in [2.24, 2.45) is 0 Å². The number of nitrogens with one attached hydrogen (secondary N) is 1. The van der Waals surface area contributed by atoms with Crippen molar-refractivity contribution >= 4 is 22.7 Å². The van der Waals surface area contributed by atoms with Crippen LogP contribution in [0.2, 0.25) is 0 Å². The Morgan fingerprint density at radius 1 is 1.07 bits per heavy atom. The number of benzene rings is 2. The molecule has 2 aromatic carbocycles. The smallest absolute Gasteiger partial charge is 0.254 e. The lowest BCUT2D eigenvalue weighted by Crippen LogP contribution is -2.67. The number of morpholine rings is 1. The number of nitrogens with zero attached hydrogens (tertiary/aromatic N) is 3. The summed E-state index contributed by atoms with van der Waals surface area (Å²) in [4.78, 5) is 37.6. The Labute approximate surface area is 235 Å². The maximum atomic E-state index is 14.3. The molecular weight excluding hydrogens is 508 g/mol. The minimum Gasteiger partial charge on any atom is -0.493 e. The Hall–Kier alpha value is -3.56. The zero-order valence-corrected chi connectivity index (χ0v) is 23.6. The summed E-state index contributed by atoms with van der Waals surface area (Å²) in [6.45, 7) is 9.56. The Bertz CT molecular complexity index is 1410. The van der Waals surface area contributed by atoms with E-state index in [4.69, 9.17) is 14.2 Å². The van der Waals surface area contributed by atoms with Gasteiger partial charge in [0.15, 0.2) is 17.0 Å². The van der Waals surface area contributed by atoms with Crippen molar-refractivity contribution in [3.8, 4) is 11.5 Å². The number of hydrogen-bond acceptors (Lipinski definition) is 6. The van der Waals surface area contributed by atoms with E-state index in [1.807, 2.05) is 50.2 Å². The van der Waals surface area contributed by atoms with Gasteiger partial charge in [-0.05, 0) is 38.0 Å². The molecule has 212 valence electrons. The minimum atomic E-state index is -1.12. The fourth-order valence-electron chi connectivity index (χ4n) is 6.71. The van der Waals surface area contributed by atoms with E-state index in [9.17, 15) is 9.59 Å². The molecule has 2 atom stereocenters. The zero-order chi connectivity index (χ0) is 27.9. The lowest BCUT2D eigenvalue weighted by Gasteiger charge is -2.51. The van der Waals surface area contributed by atoms with Gasteiger partial charge in [-0.3, -0.25) is 14.5 Å². The highest BCUT2D eigenvalue weighted by atomic mass is 16.5. The number of hydrogen-bond donors (Lipinski definition) is 1. The van der Waals surface area contributed by atoms with E-state index < -0.39 is 5.54 Å². The average molecular weight is 547 g/mol. The number of fused-ring (bicyclic) bond motifs is 5. The van der Waals surface area contributed by atoms with Crippen molar-refractivity contribution in [2.45, 2.75) is 31.7 Å². The van der Waals surface area contributed by atoms with Gasteiger partial charge in [0.2, 0.25) is 5.91 Å². The molecule has 3 aromatic rings. The van der Waals surface area contributed by atoms with Gasteiger partial charge >= 0.3 is 0 Å². The van der Waals surface area contributed by atoms with Gasteiger partial charge in [0.25, 0.3) is 5.91 Å². The van der Waals surface area contributed by atoms with E-state index in [2.05, 4.69) is 16.0 Å². The first-order valence-electron chi connectivity index (χ1n) is 14.3. The van der Waals surface area contributed by atoms with Gasteiger partial charge in [-0.25, -0.2) is 0 Å². The summed E-state index contributed by atoms with van der Waals surface area (Å²) in [5.74, 6) is 1.07. The molecule has 2 amide bonds. The van der Waals surface area contributed by atoms with Crippen molar-refractivity contribution < 1.29 is 23.8 Å². The van der Waals surface area contributed by atoms with Crippen molar-refractivity contribution in [1.82, 2.24) is 19.7 Å². The molecule has 2 fully saturated rings. The molecule has 1 unspecified atom stereocenters. The molecule has 0 bridgehead atoms. The molecule has 0 radical (unpaired) electrons. The zero-order valence-electron chi connectivity index (χ0n) is 23.6. The first kappa shape index (κ1) is 26.7. The summed E-state index contributed by atoms with van der Waals surface area (Å²) in [5.41, 5.74) is 2.60. The van der Waals surface area contributed by atoms with Crippen molar-refractivity contribution in [2.75, 3.05) is 66.2 Å². The third-order valence-corrected chi connectivity index (χ3v) is 8.72. The SMILES string of the molecule is CCOc1c(OC)cccc1C1CN2C(=O)CN(CCCN3CCOCC3)C(=O)[C@]2(C)c2[nH]c3ccccc3c21. The maximum absolute atomic E-state index is 14.3. The van der Waals surface area contributed by atoms with Crippen LogP contribution >= 0.6 is 0 Å². The number of H-pyrrole nitrogens is 1. The summed E-state index contributed by atoms with van der Waals surface area (Å²) in [6.07, 6.45) is 0.818. The van der Waals surface area contributed by atoms with Gasteiger partial charge in [-0.2, -0.15) is 0 Å². The first-order chi connectivity index (χ1) is 19.5. The van der Waals surface area contributed by atoms with Gasteiger partial charge in [0, 0.05) is 55.1 Å². The molecule has 1 aromatic heterocycles. The highest BCUT2D eigenvalue weighted by Crippen LogP contribution is 2.50. The van der Waals surface area contributed by atoms with Crippen LogP contribution in [0.15, 0.2) is 42.5 Å². The molecule has 0 spiro atoms. The second kappa shape index (κ2) is 10.8. The second-order valence-corrected chi connectivity index (χ2v) is 10.9. The molecule has 9 nitrogen and oxygen atoms in total. The topological polar surface area (TPSA) is 87.3 Å². The van der Waals surface area contributed by atoms with Gasteiger partial charge < -0.3 is 29.0 Å². The molecule has 6 rings (SSSR count). The minimum absolute atomic E-state index is 0.0315. The molecule has 0 saturated carbocycles. The van der Waals surface area contributed by atoms with Gasteiger partial charge in [-0.1, -0.05) is 30.3 Å². The summed E-state index contributed by atoms with van der Waals surface area (Å²) in [6, 6.07) is 14.0. The summed E-state index contributed by atoms with van der Waals surface area (Å²) in [7, 11) is 1.64. The number of carbonyl (C=O) groups is 2. The molecule has 2 saturated heterocycles. The predicted molar refractivity (Wildman–Crippen MR) is 152 cm³/mol. The van der Waals surface area contributed by atoms with Gasteiger partial charge in [0.05, 0.1) is 39.2 Å². The predicted octanol–water partition coefficient (Wildman–Crippen LogP) is 3.33. The fourth-order valence-corrected chi connectivity index (χ4v) is 6.71. The maximum Gasteiger partial charge on any atom is 0.254 e. The van der Waals surface area contributed by atoms with E-state index in [0.29, 0.717) is 31.2 Å². The number of rotatable bonds is 8. The lowest BCUT2D eigenvalue weighted by molar-refractivity contribution is -0.166. The standard InChI is InChI=1S/C31H38N4O5/c1-4-40-28-21(10-7-12-25(28)38-3)23-19-35-26(36)20-34(14-8-13-33-15-17-39-18-16-33)30(37)31(35,2)29-27(23)22-9-5-6-11-24(22)32-29/h5-7,9-12,23,32H,4,8,13-20H2,1-3H3/t23?,31-/m0/s1. The number of carbonyl (C=O) groups excluding carboxylic acids is 2. The molecule has 40 heavy (non-hydrogen) atoms. The van der Waals surface area contributed by atoms with Crippen LogP contribution in [0.1, 0.15) is 43.0 Å². The Balaban J connectivity index is 1.40. The molecule has 0 aliphatic carbocycles. The Morgan fingerprint density at radius 3 is 2.65 bits per heavy atom. The highest BCUT2D eigenvalue weighted by Gasteiger charge is 2.56. The van der Waals surface area contributed by atoms with Crippen molar-refractivity contribution in [3.05, 3.63) is 59.3 Å². The fraction of sp³-hybridized carbons (Fsp3) is 0.484. The van der Waals surface area contributed by atoms with Crippen LogP contribution in [0.25, 0.3) is 10.9 Å². The van der Waals surface area contributed by atoms with Crippen molar-refractivity contribution in [3.63, 3.8) is 0 Å². The van der Waals surface area contributed by atoms with Crippen LogP contribution in [0.4, 0.5) is 0 Å². The third-order valence-electron chi connectivity index (χ3n) is 8.72. The summed E-state index contributed by atoms with van der Waals surface area (Å²) < 4.78 is 17.2. The van der Waals surface area contributed by atoms with E-state index in [1.54, 1.807) is 16.9 Å². The van der Waals surface area contributed by atoms with E-state index in [1.165, 1.54) is 0 Å². The van der Waals surface area contributed by atoms with Crippen LogP contribution in [0.3, 0.4) is 0 Å². The summed E-state index contributed by atoms with van der Waals surface area (Å²) in [5, 5.41) is 1.05. The summed E-state index contributed by atoms with van der Waals surface area (Å²) >= 11 is 0. The molecule has 9 heteroatoms. The van der Waals surface area contributed by atoms with Crippen molar-refractivity contribution in [1.29, 1.82) is 0 Å². The molecule has 3 aliphatic heterocycles. The van der Waals surface area contributed by atoms with E-state index >= 15 is 0 Å². The number of methoxy groups -OCH3 is 1. The van der Waals surface area contributed by atoms with Gasteiger partial charge in [0.1, 0.15) is 0 Å². The highest BCUT2D eigenvalue weighted by molar-refractivity contribution is 6.01. The average Bonchev–Trinajstić information content (AvgIpc) is 3.38. The lowest BCUT2D eigenvalue weighted by atomic mass is 9.76. The van der Waals surface area contributed by atoms with Crippen LogP contribution < -0.4 is 9.47 Å². The Kier molecular flexibility index (Phi) is 7.18. The molecule has 3 aliphatic rings. The molecule has 4 heterocycles. The second-order valence-electron chi connectivity index (χ2n) is 10.9. The monoisotopic (exact) mass is 546 g/mol.